The van der Waals surface area contributed by atoms with Crippen molar-refractivity contribution in [2.24, 2.45) is 0 Å². The van der Waals surface area contributed by atoms with Gasteiger partial charge in [0.25, 0.3) is 0 Å². The lowest BCUT2D eigenvalue weighted by atomic mass is 10.2. The van der Waals surface area contributed by atoms with E-state index in [0.29, 0.717) is 23.1 Å². The fourth-order valence-corrected chi connectivity index (χ4v) is 3.45. The summed E-state index contributed by atoms with van der Waals surface area (Å²) in [6, 6.07) is 6.64. The van der Waals surface area contributed by atoms with Crippen molar-refractivity contribution in [2.75, 3.05) is 12.3 Å². The first-order valence-electron chi connectivity index (χ1n) is 7.19. The SMILES string of the molecule is CCCCCCNS(=O)(=O)c1ccc(N)c2cccnc12. The van der Waals surface area contributed by atoms with Gasteiger partial charge in [0, 0.05) is 23.8 Å². The van der Waals surface area contributed by atoms with Gasteiger partial charge in [0.2, 0.25) is 10.0 Å². The minimum atomic E-state index is -3.56. The van der Waals surface area contributed by atoms with Crippen LogP contribution in [0.1, 0.15) is 32.6 Å². The Kier molecular flexibility index (Phi) is 5.14. The van der Waals surface area contributed by atoms with Gasteiger partial charge in [-0.2, -0.15) is 0 Å². The molecule has 0 aliphatic carbocycles. The van der Waals surface area contributed by atoms with Crippen LogP contribution in [0.5, 0.6) is 0 Å². The second-order valence-electron chi connectivity index (χ2n) is 5.01. The van der Waals surface area contributed by atoms with Gasteiger partial charge in [-0.1, -0.05) is 26.2 Å². The summed E-state index contributed by atoms with van der Waals surface area (Å²) in [6.07, 6.45) is 5.68. The summed E-state index contributed by atoms with van der Waals surface area (Å²) >= 11 is 0. The molecule has 0 unspecified atom stereocenters. The number of benzene rings is 1. The molecule has 0 aliphatic heterocycles. The van der Waals surface area contributed by atoms with Crippen molar-refractivity contribution in [3.63, 3.8) is 0 Å². The Morgan fingerprint density at radius 1 is 1.19 bits per heavy atom. The highest BCUT2D eigenvalue weighted by Gasteiger charge is 2.18. The van der Waals surface area contributed by atoms with Crippen molar-refractivity contribution in [1.82, 2.24) is 9.71 Å². The van der Waals surface area contributed by atoms with Crippen LogP contribution in [0.15, 0.2) is 35.4 Å². The van der Waals surface area contributed by atoms with Crippen molar-refractivity contribution in [2.45, 2.75) is 37.5 Å². The van der Waals surface area contributed by atoms with Gasteiger partial charge in [-0.15, -0.1) is 0 Å². The molecule has 1 aromatic heterocycles. The first kappa shape index (κ1) is 15.7. The number of pyridine rings is 1. The van der Waals surface area contributed by atoms with Crippen molar-refractivity contribution in [1.29, 1.82) is 0 Å². The zero-order chi connectivity index (χ0) is 15.3. The van der Waals surface area contributed by atoms with Crippen LogP contribution in [-0.2, 0) is 10.0 Å². The van der Waals surface area contributed by atoms with Gasteiger partial charge in [0.05, 0.1) is 5.52 Å². The highest BCUT2D eigenvalue weighted by Crippen LogP contribution is 2.25. The van der Waals surface area contributed by atoms with Crippen LogP contribution in [-0.4, -0.2) is 19.9 Å². The zero-order valence-electron chi connectivity index (χ0n) is 12.2. The first-order valence-corrected chi connectivity index (χ1v) is 8.67. The van der Waals surface area contributed by atoms with E-state index in [1.807, 2.05) is 0 Å². The van der Waals surface area contributed by atoms with Gasteiger partial charge in [0.1, 0.15) is 4.90 Å². The lowest BCUT2D eigenvalue weighted by molar-refractivity contribution is 0.574. The van der Waals surface area contributed by atoms with Gasteiger partial charge in [-0.25, -0.2) is 13.1 Å². The number of nitrogen functional groups attached to an aromatic ring is 1. The first-order chi connectivity index (χ1) is 10.1. The standard InChI is InChI=1S/C15H21N3O2S/c1-2-3-4-5-11-18-21(19,20)14-9-8-13(16)12-7-6-10-17-15(12)14/h6-10,18H,2-5,11,16H2,1H3. The van der Waals surface area contributed by atoms with E-state index in [9.17, 15) is 8.42 Å². The predicted molar refractivity (Wildman–Crippen MR) is 85.5 cm³/mol. The quantitative estimate of drug-likeness (QED) is 0.608. The van der Waals surface area contributed by atoms with Crippen molar-refractivity contribution in [3.8, 4) is 0 Å². The monoisotopic (exact) mass is 307 g/mol. The minimum absolute atomic E-state index is 0.183. The number of fused-ring (bicyclic) bond motifs is 1. The van der Waals surface area contributed by atoms with Gasteiger partial charge >= 0.3 is 0 Å². The molecule has 0 amide bonds. The third-order valence-corrected chi connectivity index (χ3v) is 4.87. The van der Waals surface area contributed by atoms with E-state index in [4.69, 9.17) is 5.73 Å². The predicted octanol–water partition coefficient (Wildman–Crippen LogP) is 2.68. The molecule has 0 aliphatic rings. The Labute approximate surface area is 125 Å². The van der Waals surface area contributed by atoms with E-state index in [1.54, 1.807) is 24.4 Å². The third kappa shape index (κ3) is 3.71. The highest BCUT2D eigenvalue weighted by molar-refractivity contribution is 7.89. The molecule has 0 radical (unpaired) electrons. The van der Waals surface area contributed by atoms with Crippen molar-refractivity contribution >= 4 is 26.6 Å². The number of hydrogen-bond donors (Lipinski definition) is 2. The topological polar surface area (TPSA) is 85.1 Å². The lowest BCUT2D eigenvalue weighted by Crippen LogP contribution is -2.25. The van der Waals surface area contributed by atoms with Gasteiger partial charge < -0.3 is 5.73 Å². The zero-order valence-corrected chi connectivity index (χ0v) is 13.0. The molecular formula is C15H21N3O2S. The Balaban J connectivity index is 2.23. The summed E-state index contributed by atoms with van der Waals surface area (Å²) in [5, 5.41) is 0.659. The van der Waals surface area contributed by atoms with Crippen LogP contribution in [0.2, 0.25) is 0 Å². The van der Waals surface area contributed by atoms with Crippen molar-refractivity contribution in [3.05, 3.63) is 30.5 Å². The van der Waals surface area contributed by atoms with E-state index in [-0.39, 0.29) is 4.90 Å². The number of nitrogens with zero attached hydrogens (tertiary/aromatic N) is 1. The highest BCUT2D eigenvalue weighted by atomic mass is 32.2. The van der Waals surface area contributed by atoms with Gasteiger partial charge in [0.15, 0.2) is 0 Å². The number of unbranched alkanes of at least 4 members (excludes halogenated alkanes) is 3. The molecule has 0 spiro atoms. The molecule has 0 bridgehead atoms. The molecular weight excluding hydrogens is 286 g/mol. The normalized spacial score (nSPS) is 11.9. The average molecular weight is 307 g/mol. The summed E-state index contributed by atoms with van der Waals surface area (Å²) in [7, 11) is -3.56. The summed E-state index contributed by atoms with van der Waals surface area (Å²) in [5.74, 6) is 0. The molecule has 1 aromatic carbocycles. The van der Waals surface area contributed by atoms with Crippen LogP contribution in [0.25, 0.3) is 10.9 Å². The molecule has 2 aromatic rings. The van der Waals surface area contributed by atoms with Crippen LogP contribution in [0, 0.1) is 0 Å². The van der Waals surface area contributed by atoms with Crippen molar-refractivity contribution < 1.29 is 8.42 Å². The number of hydrogen-bond acceptors (Lipinski definition) is 4. The summed E-state index contributed by atoms with van der Waals surface area (Å²) in [6.45, 7) is 2.57. The molecule has 1 heterocycles. The Morgan fingerprint density at radius 2 is 2.00 bits per heavy atom. The number of anilines is 1. The lowest BCUT2D eigenvalue weighted by Gasteiger charge is -2.10. The van der Waals surface area contributed by atoms with Gasteiger partial charge in [-0.3, -0.25) is 4.98 Å². The van der Waals surface area contributed by atoms with Crippen LogP contribution < -0.4 is 10.5 Å². The van der Waals surface area contributed by atoms with Crippen LogP contribution in [0.3, 0.4) is 0 Å². The fraction of sp³-hybridized carbons (Fsp3) is 0.400. The second-order valence-corrected chi connectivity index (χ2v) is 6.75. The molecule has 21 heavy (non-hydrogen) atoms. The maximum Gasteiger partial charge on any atom is 0.242 e. The van der Waals surface area contributed by atoms with E-state index in [1.165, 1.54) is 6.07 Å². The number of rotatable bonds is 7. The largest absolute Gasteiger partial charge is 0.398 e. The molecule has 3 N–H and O–H groups in total. The number of nitrogens with two attached hydrogens (primary N) is 1. The Morgan fingerprint density at radius 3 is 2.76 bits per heavy atom. The maximum absolute atomic E-state index is 12.4. The number of sulfonamides is 1. The Hall–Kier alpha value is -1.66. The Bertz CT molecular complexity index is 714. The smallest absolute Gasteiger partial charge is 0.242 e. The van der Waals surface area contributed by atoms with E-state index in [2.05, 4.69) is 16.6 Å². The van der Waals surface area contributed by atoms with E-state index >= 15 is 0 Å². The summed E-state index contributed by atoms with van der Waals surface area (Å²) < 4.78 is 27.4. The fourth-order valence-electron chi connectivity index (χ4n) is 2.22. The maximum atomic E-state index is 12.4. The summed E-state index contributed by atoms with van der Waals surface area (Å²) in [5.41, 5.74) is 6.81. The van der Waals surface area contributed by atoms with E-state index in [0.717, 1.165) is 25.7 Å². The van der Waals surface area contributed by atoms with Crippen LogP contribution >= 0.6 is 0 Å². The number of aromatic nitrogens is 1. The molecule has 114 valence electrons. The molecule has 0 fully saturated rings. The van der Waals surface area contributed by atoms with Gasteiger partial charge in [-0.05, 0) is 30.7 Å². The summed E-state index contributed by atoms with van der Waals surface area (Å²) in [4.78, 5) is 4.35. The minimum Gasteiger partial charge on any atom is -0.398 e. The molecule has 2 rings (SSSR count). The average Bonchev–Trinajstić information content (AvgIpc) is 2.47. The third-order valence-electron chi connectivity index (χ3n) is 3.38. The molecule has 0 saturated heterocycles. The molecule has 0 atom stereocenters. The molecule has 5 nitrogen and oxygen atoms in total. The van der Waals surface area contributed by atoms with E-state index < -0.39 is 10.0 Å². The molecule has 0 saturated carbocycles. The number of nitrogens with one attached hydrogen (secondary N) is 1. The molecule has 6 heteroatoms. The van der Waals surface area contributed by atoms with Crippen LogP contribution in [0.4, 0.5) is 5.69 Å². The second kappa shape index (κ2) is 6.87.